The van der Waals surface area contributed by atoms with Gasteiger partial charge in [-0.1, -0.05) is 18.2 Å². The van der Waals surface area contributed by atoms with Gasteiger partial charge in [0.2, 0.25) is 0 Å². The van der Waals surface area contributed by atoms with Gasteiger partial charge in [-0.25, -0.2) is 4.90 Å². The number of para-hydroxylation sites is 2. The summed E-state index contributed by atoms with van der Waals surface area (Å²) >= 11 is 3.32. The van der Waals surface area contributed by atoms with Crippen molar-refractivity contribution in [3.8, 4) is 5.75 Å². The molecule has 0 N–H and O–H groups in total. The first-order chi connectivity index (χ1) is 9.65. The van der Waals surface area contributed by atoms with E-state index in [0.717, 1.165) is 4.90 Å². The van der Waals surface area contributed by atoms with Gasteiger partial charge < -0.3 is 4.74 Å². The number of benzene rings is 2. The molecular weight excluding hydrogens is 322 g/mol. The van der Waals surface area contributed by atoms with Gasteiger partial charge in [-0.3, -0.25) is 9.59 Å². The summed E-state index contributed by atoms with van der Waals surface area (Å²) in [7, 11) is 1.51. The number of hydrogen-bond acceptors (Lipinski definition) is 3. The average Bonchev–Trinajstić information content (AvgIpc) is 2.72. The molecule has 0 spiro atoms. The number of carbonyl (C=O) groups is 2. The van der Waals surface area contributed by atoms with Crippen LogP contribution in [-0.2, 0) is 0 Å². The number of halogens is 1. The van der Waals surface area contributed by atoms with Crippen molar-refractivity contribution in [1.82, 2.24) is 0 Å². The molecule has 1 aliphatic heterocycles. The molecule has 0 saturated carbocycles. The quantitative estimate of drug-likeness (QED) is 0.793. The number of nitrogens with zero attached hydrogens (tertiary/aromatic N) is 1. The van der Waals surface area contributed by atoms with Crippen LogP contribution >= 0.6 is 15.9 Å². The summed E-state index contributed by atoms with van der Waals surface area (Å²) < 4.78 is 5.84. The molecule has 2 aromatic carbocycles. The van der Waals surface area contributed by atoms with Crippen LogP contribution < -0.4 is 9.64 Å². The van der Waals surface area contributed by atoms with Gasteiger partial charge >= 0.3 is 0 Å². The summed E-state index contributed by atoms with van der Waals surface area (Å²) in [6.07, 6.45) is 0. The summed E-state index contributed by atoms with van der Waals surface area (Å²) in [6.45, 7) is 0. The number of anilines is 1. The molecule has 1 heterocycles. The highest BCUT2D eigenvalue weighted by molar-refractivity contribution is 9.10. The number of imide groups is 1. The lowest BCUT2D eigenvalue weighted by Crippen LogP contribution is -2.29. The molecule has 5 heteroatoms. The van der Waals surface area contributed by atoms with E-state index in [9.17, 15) is 9.59 Å². The van der Waals surface area contributed by atoms with Crippen molar-refractivity contribution < 1.29 is 14.3 Å². The Morgan fingerprint density at radius 2 is 1.75 bits per heavy atom. The van der Waals surface area contributed by atoms with Gasteiger partial charge in [0.25, 0.3) is 11.8 Å². The minimum atomic E-state index is -0.345. The number of ether oxygens (including phenoxy) is 1. The fourth-order valence-electron chi connectivity index (χ4n) is 2.28. The fourth-order valence-corrected chi connectivity index (χ4v) is 2.81. The van der Waals surface area contributed by atoms with E-state index in [0.29, 0.717) is 27.0 Å². The second-order valence-electron chi connectivity index (χ2n) is 4.28. The van der Waals surface area contributed by atoms with E-state index in [-0.39, 0.29) is 11.8 Å². The molecule has 100 valence electrons. The van der Waals surface area contributed by atoms with Gasteiger partial charge in [0, 0.05) is 4.47 Å². The number of rotatable bonds is 2. The number of fused-ring (bicyclic) bond motifs is 1. The largest absolute Gasteiger partial charge is 0.495 e. The molecule has 3 rings (SSSR count). The SMILES string of the molecule is COc1ccccc1N1C(=O)c2cccc(Br)c2C1=O. The van der Waals surface area contributed by atoms with E-state index in [1.54, 1.807) is 42.5 Å². The maximum Gasteiger partial charge on any atom is 0.267 e. The Hall–Kier alpha value is -2.14. The van der Waals surface area contributed by atoms with E-state index in [1.165, 1.54) is 7.11 Å². The van der Waals surface area contributed by atoms with E-state index >= 15 is 0 Å². The Balaban J connectivity index is 2.17. The maximum atomic E-state index is 12.5. The highest BCUT2D eigenvalue weighted by Gasteiger charge is 2.39. The molecule has 4 nitrogen and oxygen atoms in total. The zero-order chi connectivity index (χ0) is 14.3. The van der Waals surface area contributed by atoms with Crippen LogP contribution in [-0.4, -0.2) is 18.9 Å². The highest BCUT2D eigenvalue weighted by atomic mass is 79.9. The first-order valence-electron chi connectivity index (χ1n) is 5.95. The maximum absolute atomic E-state index is 12.5. The van der Waals surface area contributed by atoms with Crippen LogP contribution in [0.3, 0.4) is 0 Å². The van der Waals surface area contributed by atoms with E-state index in [2.05, 4.69) is 15.9 Å². The zero-order valence-electron chi connectivity index (χ0n) is 10.6. The molecule has 1 aliphatic rings. The zero-order valence-corrected chi connectivity index (χ0v) is 12.2. The minimum Gasteiger partial charge on any atom is -0.495 e. The summed E-state index contributed by atoms with van der Waals surface area (Å²) in [6, 6.07) is 12.1. The Morgan fingerprint density at radius 3 is 2.45 bits per heavy atom. The van der Waals surface area contributed by atoms with Crippen LogP contribution in [0.15, 0.2) is 46.9 Å². The van der Waals surface area contributed by atoms with Crippen LogP contribution in [0.5, 0.6) is 5.75 Å². The van der Waals surface area contributed by atoms with Crippen LogP contribution in [0.1, 0.15) is 20.7 Å². The highest BCUT2D eigenvalue weighted by Crippen LogP contribution is 2.36. The van der Waals surface area contributed by atoms with Gasteiger partial charge in [0.1, 0.15) is 5.75 Å². The number of amides is 2. The first kappa shape index (κ1) is 12.9. The molecule has 0 unspecified atom stereocenters. The Labute approximate surface area is 124 Å². The lowest BCUT2D eigenvalue weighted by atomic mass is 10.1. The third kappa shape index (κ3) is 1.74. The molecule has 2 aromatic rings. The van der Waals surface area contributed by atoms with Crippen LogP contribution in [0.2, 0.25) is 0 Å². The van der Waals surface area contributed by atoms with Crippen molar-refractivity contribution in [3.63, 3.8) is 0 Å². The standard InChI is InChI=1S/C15H10BrNO3/c1-20-12-8-3-2-7-11(12)17-14(18)9-5-4-6-10(16)13(9)15(17)19/h2-8H,1H3. The molecule has 0 atom stereocenters. The third-order valence-electron chi connectivity index (χ3n) is 3.19. The lowest BCUT2D eigenvalue weighted by molar-refractivity contribution is 0.0925. The first-order valence-corrected chi connectivity index (χ1v) is 6.74. The van der Waals surface area contributed by atoms with Crippen molar-refractivity contribution in [2.45, 2.75) is 0 Å². The van der Waals surface area contributed by atoms with E-state index in [1.807, 2.05) is 0 Å². The Bertz CT molecular complexity index is 727. The van der Waals surface area contributed by atoms with Gasteiger partial charge in [-0.05, 0) is 40.2 Å². The normalized spacial score (nSPS) is 13.6. The van der Waals surface area contributed by atoms with Crippen LogP contribution in [0.4, 0.5) is 5.69 Å². The van der Waals surface area contributed by atoms with E-state index < -0.39 is 0 Å². The van der Waals surface area contributed by atoms with Gasteiger partial charge in [0.05, 0.1) is 23.9 Å². The predicted octanol–water partition coefficient (Wildman–Crippen LogP) is 3.26. The predicted molar refractivity (Wildman–Crippen MR) is 78.3 cm³/mol. The summed E-state index contributed by atoms with van der Waals surface area (Å²) in [5, 5.41) is 0. The number of methoxy groups -OCH3 is 1. The molecule has 0 saturated heterocycles. The fraction of sp³-hybridized carbons (Fsp3) is 0.0667. The second-order valence-corrected chi connectivity index (χ2v) is 5.13. The van der Waals surface area contributed by atoms with Crippen molar-refractivity contribution in [1.29, 1.82) is 0 Å². The topological polar surface area (TPSA) is 46.6 Å². The van der Waals surface area contributed by atoms with Crippen molar-refractivity contribution in [2.75, 3.05) is 12.0 Å². The van der Waals surface area contributed by atoms with Crippen molar-refractivity contribution >= 4 is 33.4 Å². The summed E-state index contributed by atoms with van der Waals surface area (Å²) in [5.41, 5.74) is 1.24. The second kappa shape index (κ2) is 4.76. The van der Waals surface area contributed by atoms with Crippen molar-refractivity contribution in [2.24, 2.45) is 0 Å². The van der Waals surface area contributed by atoms with Gasteiger partial charge in [-0.15, -0.1) is 0 Å². The molecule has 0 aliphatic carbocycles. The smallest absolute Gasteiger partial charge is 0.267 e. The van der Waals surface area contributed by atoms with Crippen molar-refractivity contribution in [3.05, 3.63) is 58.1 Å². The molecule has 20 heavy (non-hydrogen) atoms. The lowest BCUT2D eigenvalue weighted by Gasteiger charge is -2.16. The number of hydrogen-bond donors (Lipinski definition) is 0. The monoisotopic (exact) mass is 331 g/mol. The Morgan fingerprint density at radius 1 is 1.00 bits per heavy atom. The summed E-state index contributed by atoms with van der Waals surface area (Å²) in [5.74, 6) is -0.198. The summed E-state index contributed by atoms with van der Waals surface area (Å²) in [4.78, 5) is 26.1. The molecule has 0 bridgehead atoms. The molecule has 2 amide bonds. The van der Waals surface area contributed by atoms with E-state index in [4.69, 9.17) is 4.74 Å². The Kier molecular flexibility index (Phi) is 3.06. The minimum absolute atomic E-state index is 0.337. The van der Waals surface area contributed by atoms with Gasteiger partial charge in [-0.2, -0.15) is 0 Å². The average molecular weight is 332 g/mol. The van der Waals surface area contributed by atoms with Gasteiger partial charge in [0.15, 0.2) is 0 Å². The molecular formula is C15H10BrNO3. The number of carbonyl (C=O) groups excluding carboxylic acids is 2. The van der Waals surface area contributed by atoms with Crippen LogP contribution in [0, 0.1) is 0 Å². The molecule has 0 radical (unpaired) electrons. The third-order valence-corrected chi connectivity index (χ3v) is 3.85. The molecule has 0 aromatic heterocycles. The molecule has 0 fully saturated rings. The van der Waals surface area contributed by atoms with Crippen LogP contribution in [0.25, 0.3) is 0 Å².